The van der Waals surface area contributed by atoms with Crippen molar-refractivity contribution in [2.45, 2.75) is 32.4 Å². The van der Waals surface area contributed by atoms with E-state index >= 15 is 0 Å². The lowest BCUT2D eigenvalue weighted by molar-refractivity contribution is -0.385. The summed E-state index contributed by atoms with van der Waals surface area (Å²) in [6.07, 6.45) is 1.93. The Morgan fingerprint density at radius 1 is 1.56 bits per heavy atom. The lowest BCUT2D eigenvalue weighted by Gasteiger charge is -2.11. The number of nitro groups is 1. The highest BCUT2D eigenvalue weighted by Crippen LogP contribution is 2.32. The standard InChI is InChI=1S/C13H18N2O3/c1-9-11(3-2-4-12(9)15(17)18)7-14-8-13(16)10-5-6-10/h2-4,10,13-14,16H,5-8H2,1H3. The van der Waals surface area contributed by atoms with Crippen LogP contribution in [0, 0.1) is 23.0 Å². The van der Waals surface area contributed by atoms with Gasteiger partial charge in [-0.2, -0.15) is 0 Å². The second kappa shape index (κ2) is 5.46. The van der Waals surface area contributed by atoms with Crippen molar-refractivity contribution in [3.05, 3.63) is 39.4 Å². The molecule has 1 aromatic rings. The summed E-state index contributed by atoms with van der Waals surface area (Å²) in [4.78, 5) is 10.4. The van der Waals surface area contributed by atoms with E-state index in [-0.39, 0.29) is 16.7 Å². The minimum Gasteiger partial charge on any atom is -0.392 e. The third-order valence-electron chi connectivity index (χ3n) is 3.45. The van der Waals surface area contributed by atoms with Crippen LogP contribution in [0.5, 0.6) is 0 Å². The fourth-order valence-electron chi connectivity index (χ4n) is 2.06. The molecule has 1 fully saturated rings. The molecule has 1 atom stereocenters. The molecule has 0 aliphatic heterocycles. The van der Waals surface area contributed by atoms with Gasteiger partial charge in [0.25, 0.3) is 5.69 Å². The predicted molar refractivity (Wildman–Crippen MR) is 68.3 cm³/mol. The van der Waals surface area contributed by atoms with Crippen LogP contribution in [0.25, 0.3) is 0 Å². The van der Waals surface area contributed by atoms with E-state index in [4.69, 9.17) is 0 Å². The van der Waals surface area contributed by atoms with Gasteiger partial charge in [0.1, 0.15) is 0 Å². The number of aliphatic hydroxyl groups excluding tert-OH is 1. The van der Waals surface area contributed by atoms with Crippen LogP contribution in [-0.2, 0) is 6.54 Å². The van der Waals surface area contributed by atoms with E-state index in [1.807, 2.05) is 6.07 Å². The first-order valence-electron chi connectivity index (χ1n) is 6.21. The van der Waals surface area contributed by atoms with Crippen molar-refractivity contribution in [2.24, 2.45) is 5.92 Å². The summed E-state index contributed by atoms with van der Waals surface area (Å²) >= 11 is 0. The maximum Gasteiger partial charge on any atom is 0.272 e. The van der Waals surface area contributed by atoms with Crippen LogP contribution >= 0.6 is 0 Å². The van der Waals surface area contributed by atoms with Gasteiger partial charge in [-0.25, -0.2) is 0 Å². The minimum absolute atomic E-state index is 0.150. The van der Waals surface area contributed by atoms with Crippen LogP contribution in [0.1, 0.15) is 24.0 Å². The molecule has 1 aromatic carbocycles. The Hall–Kier alpha value is -1.46. The SMILES string of the molecule is Cc1c(CNCC(O)C2CC2)cccc1[N+](=O)[O-]. The van der Waals surface area contributed by atoms with E-state index in [1.54, 1.807) is 13.0 Å². The second-order valence-corrected chi connectivity index (χ2v) is 4.85. The van der Waals surface area contributed by atoms with Crippen molar-refractivity contribution in [1.29, 1.82) is 0 Å². The maximum absolute atomic E-state index is 10.8. The zero-order valence-electron chi connectivity index (χ0n) is 10.4. The number of benzene rings is 1. The summed E-state index contributed by atoms with van der Waals surface area (Å²) < 4.78 is 0. The summed E-state index contributed by atoms with van der Waals surface area (Å²) in [6.45, 7) is 2.86. The van der Waals surface area contributed by atoms with E-state index in [0.717, 1.165) is 18.4 Å². The Balaban J connectivity index is 1.92. The molecule has 2 rings (SSSR count). The molecule has 0 radical (unpaired) electrons. The van der Waals surface area contributed by atoms with Gasteiger partial charge >= 0.3 is 0 Å². The molecule has 0 bridgehead atoms. The van der Waals surface area contributed by atoms with Gasteiger partial charge in [0.2, 0.25) is 0 Å². The normalized spacial score (nSPS) is 16.6. The molecule has 0 saturated heterocycles. The van der Waals surface area contributed by atoms with E-state index in [9.17, 15) is 15.2 Å². The van der Waals surface area contributed by atoms with E-state index in [1.165, 1.54) is 6.07 Å². The molecule has 1 saturated carbocycles. The quantitative estimate of drug-likeness (QED) is 0.596. The lowest BCUT2D eigenvalue weighted by Crippen LogP contribution is -2.28. The molecule has 0 heterocycles. The number of rotatable bonds is 6. The van der Waals surface area contributed by atoms with Gasteiger partial charge in [0.15, 0.2) is 0 Å². The van der Waals surface area contributed by atoms with Crippen molar-refractivity contribution in [3.63, 3.8) is 0 Å². The average Bonchev–Trinajstić information content (AvgIpc) is 3.14. The number of nitro benzene ring substituents is 1. The zero-order chi connectivity index (χ0) is 13.1. The Bertz CT molecular complexity index is 444. The lowest BCUT2D eigenvalue weighted by atomic mass is 10.1. The highest BCUT2D eigenvalue weighted by Gasteiger charge is 2.29. The molecular weight excluding hydrogens is 232 g/mol. The first kappa shape index (κ1) is 13.0. The number of nitrogens with zero attached hydrogens (tertiary/aromatic N) is 1. The molecule has 1 aliphatic rings. The topological polar surface area (TPSA) is 75.4 Å². The average molecular weight is 250 g/mol. The first-order valence-corrected chi connectivity index (χ1v) is 6.21. The summed E-state index contributed by atoms with van der Waals surface area (Å²) in [7, 11) is 0. The Morgan fingerprint density at radius 2 is 2.28 bits per heavy atom. The molecule has 98 valence electrons. The Labute approximate surface area is 106 Å². The molecule has 0 amide bonds. The van der Waals surface area contributed by atoms with Gasteiger partial charge in [-0.3, -0.25) is 10.1 Å². The third-order valence-corrected chi connectivity index (χ3v) is 3.45. The first-order chi connectivity index (χ1) is 8.59. The maximum atomic E-state index is 10.8. The Morgan fingerprint density at radius 3 is 2.89 bits per heavy atom. The van der Waals surface area contributed by atoms with Gasteiger partial charge in [0.05, 0.1) is 11.0 Å². The predicted octanol–water partition coefficient (Wildman–Crippen LogP) is 1.76. The molecule has 0 spiro atoms. The van der Waals surface area contributed by atoms with Crippen molar-refractivity contribution in [1.82, 2.24) is 5.32 Å². The third kappa shape index (κ3) is 3.05. The van der Waals surface area contributed by atoms with E-state index in [0.29, 0.717) is 24.6 Å². The molecule has 0 aromatic heterocycles. The highest BCUT2D eigenvalue weighted by atomic mass is 16.6. The molecular formula is C13H18N2O3. The van der Waals surface area contributed by atoms with Gasteiger partial charge in [-0.15, -0.1) is 0 Å². The largest absolute Gasteiger partial charge is 0.392 e. The van der Waals surface area contributed by atoms with Crippen LogP contribution in [0.2, 0.25) is 0 Å². The van der Waals surface area contributed by atoms with Gasteiger partial charge in [-0.05, 0) is 31.2 Å². The zero-order valence-corrected chi connectivity index (χ0v) is 10.4. The Kier molecular flexibility index (Phi) is 3.93. The van der Waals surface area contributed by atoms with Crippen LogP contribution in [0.15, 0.2) is 18.2 Å². The summed E-state index contributed by atoms with van der Waals surface area (Å²) in [5.74, 6) is 0.448. The van der Waals surface area contributed by atoms with Crippen LogP contribution in [0.4, 0.5) is 5.69 Å². The van der Waals surface area contributed by atoms with Crippen LogP contribution < -0.4 is 5.32 Å². The van der Waals surface area contributed by atoms with Gasteiger partial charge in [-0.1, -0.05) is 12.1 Å². The number of aliphatic hydroxyl groups is 1. The fourth-order valence-corrected chi connectivity index (χ4v) is 2.06. The van der Waals surface area contributed by atoms with Gasteiger partial charge in [0, 0.05) is 24.7 Å². The van der Waals surface area contributed by atoms with Crippen molar-refractivity contribution >= 4 is 5.69 Å². The smallest absolute Gasteiger partial charge is 0.272 e. The number of hydrogen-bond acceptors (Lipinski definition) is 4. The molecule has 1 unspecified atom stereocenters. The monoisotopic (exact) mass is 250 g/mol. The highest BCUT2D eigenvalue weighted by molar-refractivity contribution is 5.44. The molecule has 5 nitrogen and oxygen atoms in total. The molecule has 1 aliphatic carbocycles. The van der Waals surface area contributed by atoms with Crippen molar-refractivity contribution in [3.8, 4) is 0 Å². The van der Waals surface area contributed by atoms with E-state index < -0.39 is 0 Å². The van der Waals surface area contributed by atoms with Crippen molar-refractivity contribution in [2.75, 3.05) is 6.54 Å². The second-order valence-electron chi connectivity index (χ2n) is 4.85. The van der Waals surface area contributed by atoms with Crippen LogP contribution in [0.3, 0.4) is 0 Å². The molecule has 18 heavy (non-hydrogen) atoms. The van der Waals surface area contributed by atoms with Crippen molar-refractivity contribution < 1.29 is 10.0 Å². The van der Waals surface area contributed by atoms with E-state index in [2.05, 4.69) is 5.32 Å². The number of nitrogens with one attached hydrogen (secondary N) is 1. The summed E-state index contributed by atoms with van der Waals surface area (Å²) in [5.41, 5.74) is 1.75. The minimum atomic E-state index is -0.363. The van der Waals surface area contributed by atoms with Crippen LogP contribution in [-0.4, -0.2) is 22.7 Å². The fraction of sp³-hybridized carbons (Fsp3) is 0.538. The van der Waals surface area contributed by atoms with Gasteiger partial charge < -0.3 is 10.4 Å². The molecule has 5 heteroatoms. The summed E-state index contributed by atoms with van der Waals surface area (Å²) in [5, 5.41) is 23.7. The summed E-state index contributed by atoms with van der Waals surface area (Å²) in [6, 6.07) is 5.08. The molecule has 2 N–H and O–H groups in total. The number of hydrogen-bond donors (Lipinski definition) is 2.